The first kappa shape index (κ1) is 19.9. The molecular weight excluding hydrogens is 376 g/mol. The third kappa shape index (κ3) is 4.54. The third-order valence-corrected chi connectivity index (χ3v) is 5.25. The number of thiazole rings is 1. The van der Waals surface area contributed by atoms with Crippen LogP contribution in [0.25, 0.3) is 10.2 Å². The van der Waals surface area contributed by atoms with Crippen molar-refractivity contribution in [2.45, 2.75) is 26.2 Å². The van der Waals surface area contributed by atoms with E-state index in [0.717, 1.165) is 29.7 Å². The van der Waals surface area contributed by atoms with Crippen LogP contribution in [0.3, 0.4) is 0 Å². The molecule has 0 spiro atoms. The lowest BCUT2D eigenvalue weighted by atomic mass is 10.2. The van der Waals surface area contributed by atoms with Crippen molar-refractivity contribution in [2.75, 3.05) is 26.1 Å². The van der Waals surface area contributed by atoms with E-state index >= 15 is 0 Å². The maximum absolute atomic E-state index is 12.6. The van der Waals surface area contributed by atoms with Gasteiger partial charge in [0.1, 0.15) is 27.5 Å². The summed E-state index contributed by atoms with van der Waals surface area (Å²) in [7, 11) is 3.19. The van der Waals surface area contributed by atoms with Crippen molar-refractivity contribution in [1.82, 2.24) is 4.98 Å². The van der Waals surface area contributed by atoms with Gasteiger partial charge in [-0.15, -0.1) is 0 Å². The highest BCUT2D eigenvalue weighted by Crippen LogP contribution is 2.38. The van der Waals surface area contributed by atoms with Gasteiger partial charge in [-0.3, -0.25) is 10.1 Å². The van der Waals surface area contributed by atoms with Gasteiger partial charge in [-0.1, -0.05) is 31.1 Å². The number of carbonyl (C=O) groups excluding carboxylic acids is 1. The fourth-order valence-corrected chi connectivity index (χ4v) is 3.72. The standard InChI is InChI=1S/C21H24N2O4S/c1-4-5-6-13-27-15-9-7-14(8-10-15)20(24)23-21-22-18-16(25-2)11-12-17(26-3)19(18)28-21/h7-12H,4-6,13H2,1-3H3,(H,22,23,24). The zero-order valence-corrected chi connectivity index (χ0v) is 17.1. The second kappa shape index (κ2) is 9.41. The minimum Gasteiger partial charge on any atom is -0.495 e. The van der Waals surface area contributed by atoms with Gasteiger partial charge in [0.2, 0.25) is 0 Å². The Bertz CT molecular complexity index is 896. The van der Waals surface area contributed by atoms with E-state index in [1.165, 1.54) is 11.3 Å². The first-order chi connectivity index (χ1) is 13.7. The zero-order valence-electron chi connectivity index (χ0n) is 16.3. The number of amides is 1. The van der Waals surface area contributed by atoms with Crippen LogP contribution >= 0.6 is 11.3 Å². The molecule has 0 bridgehead atoms. The molecule has 28 heavy (non-hydrogen) atoms. The highest BCUT2D eigenvalue weighted by atomic mass is 32.1. The molecule has 3 rings (SSSR count). The maximum Gasteiger partial charge on any atom is 0.257 e. The maximum atomic E-state index is 12.6. The van der Waals surface area contributed by atoms with E-state index in [-0.39, 0.29) is 5.91 Å². The Labute approximate surface area is 168 Å². The number of aromatic nitrogens is 1. The van der Waals surface area contributed by atoms with Crippen LogP contribution in [0.15, 0.2) is 36.4 Å². The molecular formula is C21H24N2O4S. The predicted molar refractivity (Wildman–Crippen MR) is 112 cm³/mol. The van der Waals surface area contributed by atoms with Gasteiger partial charge in [0, 0.05) is 5.56 Å². The quantitative estimate of drug-likeness (QED) is 0.504. The Morgan fingerprint density at radius 1 is 1.04 bits per heavy atom. The van der Waals surface area contributed by atoms with Gasteiger partial charge >= 0.3 is 0 Å². The number of unbranched alkanes of at least 4 members (excludes halogenated alkanes) is 2. The van der Waals surface area contributed by atoms with Crippen molar-refractivity contribution in [1.29, 1.82) is 0 Å². The van der Waals surface area contributed by atoms with Crippen molar-refractivity contribution in [3.05, 3.63) is 42.0 Å². The van der Waals surface area contributed by atoms with Crippen molar-refractivity contribution in [3.8, 4) is 17.2 Å². The molecule has 7 heteroatoms. The number of anilines is 1. The van der Waals surface area contributed by atoms with Crippen LogP contribution in [0.4, 0.5) is 5.13 Å². The van der Waals surface area contributed by atoms with Gasteiger partial charge in [-0.05, 0) is 42.8 Å². The van der Waals surface area contributed by atoms with Crippen molar-refractivity contribution in [2.24, 2.45) is 0 Å². The molecule has 0 unspecified atom stereocenters. The Hall–Kier alpha value is -2.80. The normalized spacial score (nSPS) is 10.7. The summed E-state index contributed by atoms with van der Waals surface area (Å²) in [5, 5.41) is 3.33. The monoisotopic (exact) mass is 400 g/mol. The van der Waals surface area contributed by atoms with Crippen LogP contribution in [0.1, 0.15) is 36.5 Å². The summed E-state index contributed by atoms with van der Waals surface area (Å²) in [6.45, 7) is 2.85. The summed E-state index contributed by atoms with van der Waals surface area (Å²) >= 11 is 1.35. The van der Waals surface area contributed by atoms with E-state index in [9.17, 15) is 4.79 Å². The van der Waals surface area contributed by atoms with Gasteiger partial charge in [0.15, 0.2) is 5.13 Å². The first-order valence-corrected chi connectivity index (χ1v) is 10.0. The van der Waals surface area contributed by atoms with E-state index in [2.05, 4.69) is 17.2 Å². The number of hydrogen-bond acceptors (Lipinski definition) is 6. The number of benzene rings is 2. The number of methoxy groups -OCH3 is 2. The molecule has 1 aromatic heterocycles. The SMILES string of the molecule is CCCCCOc1ccc(C(=O)Nc2nc3c(OC)ccc(OC)c3s2)cc1. The highest BCUT2D eigenvalue weighted by molar-refractivity contribution is 7.22. The lowest BCUT2D eigenvalue weighted by Gasteiger charge is -2.06. The minimum absolute atomic E-state index is 0.227. The molecule has 0 atom stereocenters. The number of carbonyl (C=O) groups is 1. The summed E-state index contributed by atoms with van der Waals surface area (Å²) in [4.78, 5) is 17.1. The Balaban J connectivity index is 1.70. The van der Waals surface area contributed by atoms with Gasteiger partial charge in [-0.25, -0.2) is 4.98 Å². The lowest BCUT2D eigenvalue weighted by Crippen LogP contribution is -2.11. The van der Waals surface area contributed by atoms with Crippen LogP contribution in [0.5, 0.6) is 17.2 Å². The molecule has 0 saturated heterocycles. The second-order valence-corrected chi connectivity index (χ2v) is 7.20. The van der Waals surface area contributed by atoms with Gasteiger partial charge in [-0.2, -0.15) is 0 Å². The van der Waals surface area contributed by atoms with E-state index in [4.69, 9.17) is 14.2 Å². The third-order valence-electron chi connectivity index (χ3n) is 4.26. The van der Waals surface area contributed by atoms with E-state index in [1.54, 1.807) is 32.4 Å². The van der Waals surface area contributed by atoms with E-state index in [0.29, 0.717) is 34.3 Å². The molecule has 6 nitrogen and oxygen atoms in total. The van der Waals surface area contributed by atoms with E-state index < -0.39 is 0 Å². The summed E-state index contributed by atoms with van der Waals surface area (Å²) in [5.74, 6) is 1.87. The Morgan fingerprint density at radius 3 is 2.43 bits per heavy atom. The fraction of sp³-hybridized carbons (Fsp3) is 0.333. The average molecular weight is 401 g/mol. The molecule has 0 fully saturated rings. The number of fused-ring (bicyclic) bond motifs is 1. The van der Waals surface area contributed by atoms with Crippen LogP contribution in [-0.4, -0.2) is 31.7 Å². The largest absolute Gasteiger partial charge is 0.495 e. The topological polar surface area (TPSA) is 69.7 Å². The summed E-state index contributed by atoms with van der Waals surface area (Å²) in [6.07, 6.45) is 3.34. The van der Waals surface area contributed by atoms with Crippen molar-refractivity contribution in [3.63, 3.8) is 0 Å². The molecule has 0 aliphatic heterocycles. The van der Waals surface area contributed by atoms with Crippen LogP contribution in [0.2, 0.25) is 0 Å². The smallest absolute Gasteiger partial charge is 0.257 e. The Kier molecular flexibility index (Phi) is 6.71. The van der Waals surface area contributed by atoms with Crippen LogP contribution in [-0.2, 0) is 0 Å². The van der Waals surface area contributed by atoms with Gasteiger partial charge in [0.05, 0.1) is 20.8 Å². The molecule has 2 aromatic carbocycles. The van der Waals surface area contributed by atoms with Gasteiger partial charge in [0.25, 0.3) is 5.91 Å². The molecule has 0 aliphatic rings. The summed E-state index contributed by atoms with van der Waals surface area (Å²) in [5.41, 5.74) is 1.21. The number of hydrogen-bond donors (Lipinski definition) is 1. The molecule has 0 radical (unpaired) electrons. The molecule has 3 aromatic rings. The first-order valence-electron chi connectivity index (χ1n) is 9.22. The minimum atomic E-state index is -0.227. The van der Waals surface area contributed by atoms with Crippen LogP contribution in [0, 0.1) is 0 Å². The molecule has 0 saturated carbocycles. The predicted octanol–water partition coefficient (Wildman–Crippen LogP) is 5.13. The fourth-order valence-electron chi connectivity index (χ4n) is 2.75. The number of ether oxygens (including phenoxy) is 3. The number of rotatable bonds is 9. The van der Waals surface area contributed by atoms with Crippen molar-refractivity contribution < 1.29 is 19.0 Å². The number of nitrogens with zero attached hydrogens (tertiary/aromatic N) is 1. The molecule has 1 amide bonds. The average Bonchev–Trinajstić information content (AvgIpc) is 3.14. The summed E-state index contributed by atoms with van der Waals surface area (Å²) in [6, 6.07) is 10.7. The van der Waals surface area contributed by atoms with Crippen molar-refractivity contribution >= 4 is 32.6 Å². The highest BCUT2D eigenvalue weighted by Gasteiger charge is 2.16. The van der Waals surface area contributed by atoms with E-state index in [1.807, 2.05) is 18.2 Å². The molecule has 148 valence electrons. The molecule has 1 heterocycles. The van der Waals surface area contributed by atoms with Crippen LogP contribution < -0.4 is 19.5 Å². The molecule has 0 aliphatic carbocycles. The lowest BCUT2D eigenvalue weighted by molar-refractivity contribution is 0.102. The molecule has 1 N–H and O–H groups in total. The summed E-state index contributed by atoms with van der Waals surface area (Å²) < 4.78 is 17.2. The Morgan fingerprint density at radius 2 is 1.75 bits per heavy atom. The zero-order chi connectivity index (χ0) is 19.9. The second-order valence-electron chi connectivity index (χ2n) is 6.20. The number of nitrogens with one attached hydrogen (secondary N) is 1. The van der Waals surface area contributed by atoms with Gasteiger partial charge < -0.3 is 14.2 Å².